The Balaban J connectivity index is 1.53. The highest BCUT2D eigenvalue weighted by molar-refractivity contribution is 7.09. The first-order valence-corrected chi connectivity index (χ1v) is 9.19. The largest absolute Gasteiger partial charge is 0.434 e. The van der Waals surface area contributed by atoms with E-state index in [0.717, 1.165) is 22.4 Å². The van der Waals surface area contributed by atoms with Crippen LogP contribution in [-0.2, 0) is 13.2 Å². The lowest BCUT2D eigenvalue weighted by Gasteiger charge is -2.32. The molecule has 1 saturated heterocycles. The Kier molecular flexibility index (Phi) is 5.22. The van der Waals surface area contributed by atoms with Crippen LogP contribution in [0.25, 0.3) is 0 Å². The van der Waals surface area contributed by atoms with Crippen LogP contribution in [0.1, 0.15) is 48.1 Å². The number of nitrogens with one attached hydrogen (secondary N) is 1. The number of hydrogen-bond donors (Lipinski definition) is 1. The molecule has 1 aliphatic rings. The number of aromatic nitrogens is 3. The second-order valence-electron chi connectivity index (χ2n) is 6.42. The second-order valence-corrected chi connectivity index (χ2v) is 7.31. The van der Waals surface area contributed by atoms with Gasteiger partial charge < -0.3 is 10.2 Å². The van der Waals surface area contributed by atoms with Gasteiger partial charge in [-0.2, -0.15) is 18.3 Å². The van der Waals surface area contributed by atoms with Crippen molar-refractivity contribution < 1.29 is 18.0 Å². The van der Waals surface area contributed by atoms with Crippen molar-refractivity contribution in [3.05, 3.63) is 34.0 Å². The van der Waals surface area contributed by atoms with Gasteiger partial charge in [0.2, 0.25) is 0 Å². The van der Waals surface area contributed by atoms with Crippen LogP contribution in [0.5, 0.6) is 0 Å². The monoisotopic (exact) mass is 387 g/mol. The predicted molar refractivity (Wildman–Crippen MR) is 90.8 cm³/mol. The third-order valence-corrected chi connectivity index (χ3v) is 5.47. The quantitative estimate of drug-likeness (QED) is 0.876. The number of piperidine rings is 1. The average Bonchev–Trinajstić information content (AvgIpc) is 3.23. The number of halogens is 3. The van der Waals surface area contributed by atoms with E-state index in [4.69, 9.17) is 0 Å². The number of likely N-dealkylation sites (tertiary alicyclic amines) is 1. The molecule has 3 rings (SSSR count). The molecule has 0 aromatic carbocycles. The Bertz CT molecular complexity index is 764. The zero-order valence-corrected chi connectivity index (χ0v) is 15.3. The molecule has 10 heteroatoms. The molecule has 0 bridgehead atoms. The van der Waals surface area contributed by atoms with Gasteiger partial charge in [-0.1, -0.05) is 0 Å². The number of thiazole rings is 1. The lowest BCUT2D eigenvalue weighted by molar-refractivity contribution is -0.140. The van der Waals surface area contributed by atoms with Gasteiger partial charge in [0.1, 0.15) is 0 Å². The highest BCUT2D eigenvalue weighted by Gasteiger charge is 2.35. The molecule has 2 aromatic rings. The van der Waals surface area contributed by atoms with Crippen LogP contribution in [0, 0.1) is 0 Å². The molecular formula is C16H20F3N5OS. The van der Waals surface area contributed by atoms with Gasteiger partial charge in [0, 0.05) is 37.6 Å². The standard InChI is InChI=1S/C16H20F3N5OS/c1-10(12-5-6-23(2)22-12)20-15(25)24-7-3-11(4-8-24)14-21-13(9-26-14)16(17,18)19/h5-6,9-11H,3-4,7-8H2,1-2H3,(H,20,25). The Morgan fingerprint density at radius 1 is 1.38 bits per heavy atom. The summed E-state index contributed by atoms with van der Waals surface area (Å²) in [4.78, 5) is 17.8. The molecule has 0 saturated carbocycles. The minimum Gasteiger partial charge on any atom is -0.330 e. The molecule has 1 N–H and O–H groups in total. The lowest BCUT2D eigenvalue weighted by atomic mass is 9.98. The highest BCUT2D eigenvalue weighted by atomic mass is 32.1. The summed E-state index contributed by atoms with van der Waals surface area (Å²) >= 11 is 1.04. The number of carbonyl (C=O) groups excluding carboxylic acids is 1. The van der Waals surface area contributed by atoms with E-state index in [-0.39, 0.29) is 18.0 Å². The number of nitrogens with zero attached hydrogens (tertiary/aromatic N) is 4. The van der Waals surface area contributed by atoms with Crippen LogP contribution >= 0.6 is 11.3 Å². The van der Waals surface area contributed by atoms with Crippen molar-refractivity contribution in [2.75, 3.05) is 13.1 Å². The third kappa shape index (κ3) is 4.17. The highest BCUT2D eigenvalue weighted by Crippen LogP contribution is 2.35. The van der Waals surface area contributed by atoms with Gasteiger partial charge in [-0.05, 0) is 25.8 Å². The summed E-state index contributed by atoms with van der Waals surface area (Å²) in [5.41, 5.74) is -0.0555. The van der Waals surface area contributed by atoms with Gasteiger partial charge in [0.15, 0.2) is 5.69 Å². The molecule has 1 unspecified atom stereocenters. The van der Waals surface area contributed by atoms with E-state index in [1.807, 2.05) is 26.2 Å². The van der Waals surface area contributed by atoms with Crippen LogP contribution in [0.3, 0.4) is 0 Å². The summed E-state index contributed by atoms with van der Waals surface area (Å²) < 4.78 is 39.7. The van der Waals surface area contributed by atoms with E-state index in [9.17, 15) is 18.0 Å². The first kappa shape index (κ1) is 18.7. The Morgan fingerprint density at radius 2 is 2.08 bits per heavy atom. The van der Waals surface area contributed by atoms with Crippen LogP contribution in [0.2, 0.25) is 0 Å². The van der Waals surface area contributed by atoms with E-state index >= 15 is 0 Å². The van der Waals surface area contributed by atoms with Crippen molar-refractivity contribution in [3.63, 3.8) is 0 Å². The molecule has 1 fully saturated rings. The number of urea groups is 1. The molecule has 0 aliphatic carbocycles. The molecular weight excluding hydrogens is 367 g/mol. The third-order valence-electron chi connectivity index (χ3n) is 4.46. The Hall–Kier alpha value is -2.10. The van der Waals surface area contributed by atoms with Crippen LogP contribution in [0.4, 0.5) is 18.0 Å². The molecule has 0 radical (unpaired) electrons. The van der Waals surface area contributed by atoms with E-state index < -0.39 is 11.9 Å². The Morgan fingerprint density at radius 3 is 2.62 bits per heavy atom. The van der Waals surface area contributed by atoms with Crippen molar-refractivity contribution in [1.29, 1.82) is 0 Å². The summed E-state index contributed by atoms with van der Waals surface area (Å²) in [6.07, 6.45) is -1.38. The van der Waals surface area contributed by atoms with E-state index in [1.54, 1.807) is 9.58 Å². The first-order chi connectivity index (χ1) is 12.2. The second kappa shape index (κ2) is 7.26. The summed E-state index contributed by atoms with van der Waals surface area (Å²) in [7, 11) is 1.81. The van der Waals surface area contributed by atoms with Crippen molar-refractivity contribution in [2.24, 2.45) is 7.05 Å². The number of hydrogen-bond acceptors (Lipinski definition) is 4. The lowest BCUT2D eigenvalue weighted by Crippen LogP contribution is -2.44. The summed E-state index contributed by atoms with van der Waals surface area (Å²) in [5, 5.41) is 8.73. The summed E-state index contributed by atoms with van der Waals surface area (Å²) in [5.74, 6) is -0.0339. The van der Waals surface area contributed by atoms with Gasteiger partial charge in [-0.15, -0.1) is 11.3 Å². The number of alkyl halides is 3. The van der Waals surface area contributed by atoms with Gasteiger partial charge >= 0.3 is 12.2 Å². The van der Waals surface area contributed by atoms with E-state index in [0.29, 0.717) is 30.9 Å². The maximum Gasteiger partial charge on any atom is 0.434 e. The van der Waals surface area contributed by atoms with Gasteiger partial charge in [0.25, 0.3) is 0 Å². The predicted octanol–water partition coefficient (Wildman–Crippen LogP) is 3.55. The fourth-order valence-corrected chi connectivity index (χ4v) is 3.95. The van der Waals surface area contributed by atoms with E-state index in [2.05, 4.69) is 15.4 Å². The number of aryl methyl sites for hydroxylation is 1. The van der Waals surface area contributed by atoms with Crippen molar-refractivity contribution in [1.82, 2.24) is 25.0 Å². The molecule has 1 atom stereocenters. The Labute approximate surface area is 153 Å². The van der Waals surface area contributed by atoms with Crippen LogP contribution in [-0.4, -0.2) is 38.8 Å². The average molecular weight is 387 g/mol. The van der Waals surface area contributed by atoms with Crippen molar-refractivity contribution in [2.45, 2.75) is 37.9 Å². The first-order valence-electron chi connectivity index (χ1n) is 8.31. The van der Waals surface area contributed by atoms with E-state index in [1.165, 1.54) is 0 Å². The topological polar surface area (TPSA) is 63.1 Å². The molecule has 26 heavy (non-hydrogen) atoms. The minimum absolute atomic E-state index is 0.0339. The maximum atomic E-state index is 12.7. The maximum absolute atomic E-state index is 12.7. The zero-order chi connectivity index (χ0) is 18.9. The fourth-order valence-electron chi connectivity index (χ4n) is 2.95. The van der Waals surface area contributed by atoms with Gasteiger partial charge in [-0.3, -0.25) is 4.68 Å². The van der Waals surface area contributed by atoms with Crippen LogP contribution in [0.15, 0.2) is 17.6 Å². The normalized spacial score (nSPS) is 17.3. The van der Waals surface area contributed by atoms with Gasteiger partial charge in [-0.25, -0.2) is 9.78 Å². The minimum atomic E-state index is -4.41. The summed E-state index contributed by atoms with van der Waals surface area (Å²) in [6, 6.07) is 1.45. The zero-order valence-electron chi connectivity index (χ0n) is 14.5. The molecule has 3 heterocycles. The molecule has 6 nitrogen and oxygen atoms in total. The van der Waals surface area contributed by atoms with Gasteiger partial charge in [0.05, 0.1) is 16.7 Å². The number of rotatable bonds is 3. The van der Waals surface area contributed by atoms with Crippen molar-refractivity contribution in [3.8, 4) is 0 Å². The fraction of sp³-hybridized carbons (Fsp3) is 0.562. The van der Waals surface area contributed by atoms with Crippen LogP contribution < -0.4 is 5.32 Å². The molecule has 0 spiro atoms. The molecule has 2 amide bonds. The number of amides is 2. The number of carbonyl (C=O) groups is 1. The van der Waals surface area contributed by atoms with Crippen molar-refractivity contribution >= 4 is 17.4 Å². The summed E-state index contributed by atoms with van der Waals surface area (Å²) in [6.45, 7) is 2.85. The molecule has 2 aromatic heterocycles. The SMILES string of the molecule is CC(NC(=O)N1CCC(c2nc(C(F)(F)F)cs2)CC1)c1ccn(C)n1. The molecule has 142 valence electrons. The molecule has 1 aliphatic heterocycles. The smallest absolute Gasteiger partial charge is 0.330 e.